The lowest BCUT2D eigenvalue weighted by Crippen LogP contribution is -2.38. The lowest BCUT2D eigenvalue weighted by molar-refractivity contribution is -0.120. The van der Waals surface area contributed by atoms with Crippen LogP contribution in [0.5, 0.6) is 17.2 Å². The van der Waals surface area contributed by atoms with Gasteiger partial charge in [-0.1, -0.05) is 0 Å². The van der Waals surface area contributed by atoms with Gasteiger partial charge in [-0.2, -0.15) is 0 Å². The van der Waals surface area contributed by atoms with Crippen molar-refractivity contribution < 1.29 is 28.2 Å². The third-order valence-corrected chi connectivity index (χ3v) is 3.56. The second-order valence-electron chi connectivity index (χ2n) is 5.40. The largest absolute Gasteiger partial charge is 0.493 e. The van der Waals surface area contributed by atoms with E-state index in [0.717, 1.165) is 0 Å². The molecule has 0 radical (unpaired) electrons. The Morgan fingerprint density at radius 1 is 0.963 bits per heavy atom. The van der Waals surface area contributed by atoms with Gasteiger partial charge in [-0.15, -0.1) is 0 Å². The van der Waals surface area contributed by atoms with Gasteiger partial charge in [0.05, 0.1) is 27.3 Å². The first-order valence-electron chi connectivity index (χ1n) is 8.18. The molecule has 144 valence electrons. The second-order valence-corrected chi connectivity index (χ2v) is 5.40. The molecule has 2 amide bonds. The van der Waals surface area contributed by atoms with E-state index in [1.807, 2.05) is 0 Å². The summed E-state index contributed by atoms with van der Waals surface area (Å²) in [6, 6.07) is 10.3. The molecule has 0 spiro atoms. The maximum absolute atomic E-state index is 12.8. The van der Waals surface area contributed by atoms with Gasteiger partial charge in [0.15, 0.2) is 11.5 Å². The first-order valence-corrected chi connectivity index (χ1v) is 8.18. The fraction of sp³-hybridized carbons (Fsp3) is 0.263. The van der Waals surface area contributed by atoms with Crippen molar-refractivity contribution in [3.63, 3.8) is 0 Å². The molecule has 0 aromatic heterocycles. The summed E-state index contributed by atoms with van der Waals surface area (Å²) in [5.41, 5.74) is 0.347. The van der Waals surface area contributed by atoms with E-state index in [4.69, 9.17) is 14.2 Å². The molecule has 0 heterocycles. The zero-order chi connectivity index (χ0) is 19.6. The molecule has 2 rings (SSSR count). The summed E-state index contributed by atoms with van der Waals surface area (Å²) in [5, 5.41) is 5.14. The molecular formula is C19H21FN2O5. The quantitative estimate of drug-likeness (QED) is 0.652. The maximum atomic E-state index is 12.8. The minimum Gasteiger partial charge on any atom is -0.493 e. The maximum Gasteiger partial charge on any atom is 0.251 e. The van der Waals surface area contributed by atoms with Crippen LogP contribution in [0.4, 0.5) is 4.39 Å². The van der Waals surface area contributed by atoms with Crippen LogP contribution in [0.15, 0.2) is 42.5 Å². The second kappa shape index (κ2) is 10.0. The number of hydrogen-bond acceptors (Lipinski definition) is 5. The summed E-state index contributed by atoms with van der Waals surface area (Å²) in [6.45, 7) is 0.299. The van der Waals surface area contributed by atoms with E-state index in [-0.39, 0.29) is 31.4 Å². The van der Waals surface area contributed by atoms with Gasteiger partial charge < -0.3 is 24.8 Å². The molecule has 0 saturated heterocycles. The molecule has 0 saturated carbocycles. The Balaban J connectivity index is 1.71. The van der Waals surface area contributed by atoms with Crippen LogP contribution in [0.3, 0.4) is 0 Å². The zero-order valence-corrected chi connectivity index (χ0v) is 15.1. The van der Waals surface area contributed by atoms with Crippen molar-refractivity contribution in [1.29, 1.82) is 0 Å². The van der Waals surface area contributed by atoms with Gasteiger partial charge in [0.25, 0.3) is 5.91 Å². The van der Waals surface area contributed by atoms with Crippen molar-refractivity contribution >= 4 is 11.8 Å². The molecule has 2 aromatic rings. The summed E-state index contributed by atoms with van der Waals surface area (Å²) < 4.78 is 28.4. The fourth-order valence-electron chi connectivity index (χ4n) is 2.19. The van der Waals surface area contributed by atoms with Crippen LogP contribution in [0.25, 0.3) is 0 Å². The van der Waals surface area contributed by atoms with Crippen molar-refractivity contribution in [3.8, 4) is 17.2 Å². The molecule has 0 fully saturated rings. The number of amides is 2. The molecule has 2 N–H and O–H groups in total. The van der Waals surface area contributed by atoms with Crippen LogP contribution in [0.2, 0.25) is 0 Å². The molecule has 8 heteroatoms. The number of benzene rings is 2. The highest BCUT2D eigenvalue weighted by molar-refractivity contribution is 5.97. The van der Waals surface area contributed by atoms with E-state index in [9.17, 15) is 14.0 Å². The van der Waals surface area contributed by atoms with Gasteiger partial charge in [-0.3, -0.25) is 9.59 Å². The van der Waals surface area contributed by atoms with E-state index in [1.54, 1.807) is 12.1 Å². The SMILES string of the molecule is COc1ccc(C(=O)NCC(=O)NCCOc2ccc(F)cc2)cc1OC. The van der Waals surface area contributed by atoms with Crippen LogP contribution in [-0.4, -0.2) is 45.7 Å². The van der Waals surface area contributed by atoms with Crippen LogP contribution in [0, 0.1) is 5.82 Å². The molecule has 0 aliphatic carbocycles. The predicted octanol–water partition coefficient (Wildman–Crippen LogP) is 1.77. The summed E-state index contributed by atoms with van der Waals surface area (Å²) in [5.74, 6) is 0.328. The van der Waals surface area contributed by atoms with Gasteiger partial charge in [0.2, 0.25) is 5.91 Å². The van der Waals surface area contributed by atoms with Crippen molar-refractivity contribution in [2.45, 2.75) is 0 Å². The van der Waals surface area contributed by atoms with Gasteiger partial charge in [0.1, 0.15) is 18.2 Å². The lowest BCUT2D eigenvalue weighted by Gasteiger charge is -2.10. The number of rotatable bonds is 9. The average Bonchev–Trinajstić information content (AvgIpc) is 2.70. The number of halogens is 1. The van der Waals surface area contributed by atoms with Gasteiger partial charge >= 0.3 is 0 Å². The van der Waals surface area contributed by atoms with E-state index in [2.05, 4.69) is 10.6 Å². The molecule has 7 nitrogen and oxygen atoms in total. The normalized spacial score (nSPS) is 10.0. The highest BCUT2D eigenvalue weighted by Gasteiger charge is 2.11. The van der Waals surface area contributed by atoms with Crippen LogP contribution in [0.1, 0.15) is 10.4 Å². The van der Waals surface area contributed by atoms with Gasteiger partial charge in [-0.25, -0.2) is 4.39 Å². The molecule has 0 aliphatic heterocycles. The highest BCUT2D eigenvalue weighted by Crippen LogP contribution is 2.27. The molecule has 0 aliphatic rings. The summed E-state index contributed by atoms with van der Waals surface area (Å²) in [7, 11) is 2.97. The Morgan fingerprint density at radius 3 is 2.33 bits per heavy atom. The number of carbonyl (C=O) groups is 2. The van der Waals surface area contributed by atoms with Crippen molar-refractivity contribution in [1.82, 2.24) is 10.6 Å². The van der Waals surface area contributed by atoms with Gasteiger partial charge in [0, 0.05) is 5.56 Å². The summed E-state index contributed by atoms with van der Waals surface area (Å²) in [4.78, 5) is 23.9. The summed E-state index contributed by atoms with van der Waals surface area (Å²) >= 11 is 0. The van der Waals surface area contributed by atoms with E-state index in [1.165, 1.54) is 44.6 Å². The molecule has 0 atom stereocenters. The number of ether oxygens (including phenoxy) is 3. The standard InChI is InChI=1S/C19H21FN2O5/c1-25-16-8-3-13(11-17(16)26-2)19(24)22-12-18(23)21-9-10-27-15-6-4-14(20)5-7-15/h3-8,11H,9-10,12H2,1-2H3,(H,21,23)(H,22,24). The third-order valence-electron chi connectivity index (χ3n) is 3.56. The number of hydrogen-bond donors (Lipinski definition) is 2. The lowest BCUT2D eigenvalue weighted by atomic mass is 10.2. The average molecular weight is 376 g/mol. The third kappa shape index (κ3) is 6.18. The van der Waals surface area contributed by atoms with E-state index < -0.39 is 5.91 Å². The number of methoxy groups -OCH3 is 2. The Bertz CT molecular complexity index is 780. The minimum absolute atomic E-state index is 0.177. The topological polar surface area (TPSA) is 85.9 Å². The van der Waals surface area contributed by atoms with E-state index in [0.29, 0.717) is 22.8 Å². The number of nitrogens with one attached hydrogen (secondary N) is 2. The first-order chi connectivity index (χ1) is 13.0. The summed E-state index contributed by atoms with van der Waals surface area (Å²) in [6.07, 6.45) is 0. The van der Waals surface area contributed by atoms with Gasteiger partial charge in [-0.05, 0) is 42.5 Å². The predicted molar refractivity (Wildman–Crippen MR) is 96.8 cm³/mol. The van der Waals surface area contributed by atoms with Crippen LogP contribution < -0.4 is 24.8 Å². The Kier molecular flexibility index (Phi) is 7.42. The smallest absolute Gasteiger partial charge is 0.251 e. The van der Waals surface area contributed by atoms with Crippen LogP contribution in [-0.2, 0) is 4.79 Å². The Hall–Kier alpha value is -3.29. The van der Waals surface area contributed by atoms with Crippen molar-refractivity contribution in [3.05, 3.63) is 53.8 Å². The first kappa shape index (κ1) is 20.0. The van der Waals surface area contributed by atoms with Crippen molar-refractivity contribution in [2.24, 2.45) is 0 Å². The van der Waals surface area contributed by atoms with Crippen LogP contribution >= 0.6 is 0 Å². The Labute approximate surface area is 156 Å². The molecule has 2 aromatic carbocycles. The number of carbonyl (C=O) groups excluding carboxylic acids is 2. The van der Waals surface area contributed by atoms with E-state index >= 15 is 0 Å². The minimum atomic E-state index is -0.409. The zero-order valence-electron chi connectivity index (χ0n) is 15.1. The highest BCUT2D eigenvalue weighted by atomic mass is 19.1. The van der Waals surface area contributed by atoms with Crippen molar-refractivity contribution in [2.75, 3.05) is 33.9 Å². The fourth-order valence-corrected chi connectivity index (χ4v) is 2.19. The molecule has 0 bridgehead atoms. The monoisotopic (exact) mass is 376 g/mol. The molecule has 27 heavy (non-hydrogen) atoms. The molecule has 0 unspecified atom stereocenters. The molecular weight excluding hydrogens is 355 g/mol. The Morgan fingerprint density at radius 2 is 1.67 bits per heavy atom.